The molecule has 1 heterocycles. The molecular weight excluding hydrogens is 276 g/mol. The fraction of sp³-hybridized carbons (Fsp3) is 0.667. The van der Waals surface area contributed by atoms with Gasteiger partial charge in [-0.25, -0.2) is 4.98 Å². The summed E-state index contributed by atoms with van der Waals surface area (Å²) in [5.74, 6) is 2.27. The maximum atomic E-state index is 11.3. The van der Waals surface area contributed by atoms with Gasteiger partial charge in [0.05, 0.1) is 7.11 Å². The zero-order valence-electron chi connectivity index (χ0n) is 14.1. The van der Waals surface area contributed by atoms with Gasteiger partial charge in [0.1, 0.15) is 0 Å². The summed E-state index contributed by atoms with van der Waals surface area (Å²) in [7, 11) is 1.65. The molecule has 1 aromatic heterocycles. The average molecular weight is 304 g/mol. The molecule has 4 nitrogen and oxygen atoms in total. The highest BCUT2D eigenvalue weighted by molar-refractivity contribution is 5.74. The van der Waals surface area contributed by atoms with Crippen LogP contribution in [-0.2, 0) is 11.2 Å². The Labute approximate surface area is 133 Å². The third kappa shape index (κ3) is 3.99. The number of aromatic nitrogens is 1. The summed E-state index contributed by atoms with van der Waals surface area (Å²) in [6.45, 7) is 6.72. The van der Waals surface area contributed by atoms with Crippen molar-refractivity contribution in [3.8, 4) is 5.88 Å². The number of amides is 1. The Kier molecular flexibility index (Phi) is 5.43. The zero-order chi connectivity index (χ0) is 16.3. The number of ether oxygens (including phenoxy) is 1. The Balaban J connectivity index is 2.40. The lowest BCUT2D eigenvalue weighted by molar-refractivity contribution is -0.119. The van der Waals surface area contributed by atoms with Gasteiger partial charge >= 0.3 is 0 Å². The van der Waals surface area contributed by atoms with Crippen molar-refractivity contribution in [2.45, 2.75) is 52.4 Å². The molecule has 1 aliphatic rings. The number of carbonyl (C=O) groups excluding carboxylic acids is 1. The minimum absolute atomic E-state index is 0.224. The van der Waals surface area contributed by atoms with Crippen LogP contribution in [0.2, 0.25) is 0 Å². The molecule has 22 heavy (non-hydrogen) atoms. The van der Waals surface area contributed by atoms with Crippen molar-refractivity contribution in [2.75, 3.05) is 7.11 Å². The quantitative estimate of drug-likeness (QED) is 0.928. The highest BCUT2D eigenvalue weighted by Gasteiger charge is 2.29. The first-order chi connectivity index (χ1) is 10.4. The molecule has 0 aromatic carbocycles. The summed E-state index contributed by atoms with van der Waals surface area (Å²) in [6.07, 6.45) is 3.67. The van der Waals surface area contributed by atoms with Crippen molar-refractivity contribution < 1.29 is 9.53 Å². The van der Waals surface area contributed by atoms with Crippen molar-refractivity contribution in [3.05, 3.63) is 23.4 Å². The number of nitrogens with zero attached hydrogens (tertiary/aromatic N) is 1. The smallest absolute Gasteiger partial charge is 0.217 e. The van der Waals surface area contributed by atoms with Crippen LogP contribution in [0.15, 0.2) is 12.1 Å². The van der Waals surface area contributed by atoms with E-state index in [2.05, 4.69) is 31.8 Å². The van der Waals surface area contributed by atoms with Crippen LogP contribution in [0, 0.1) is 17.8 Å². The van der Waals surface area contributed by atoms with E-state index in [0.29, 0.717) is 30.1 Å². The van der Waals surface area contributed by atoms with E-state index >= 15 is 0 Å². The summed E-state index contributed by atoms with van der Waals surface area (Å²) in [6, 6.07) is 4.06. The maximum Gasteiger partial charge on any atom is 0.217 e. The van der Waals surface area contributed by atoms with Crippen LogP contribution in [0.4, 0.5) is 0 Å². The summed E-state index contributed by atoms with van der Waals surface area (Å²) < 4.78 is 5.28. The molecule has 122 valence electrons. The third-order valence-electron chi connectivity index (χ3n) is 4.81. The summed E-state index contributed by atoms with van der Waals surface area (Å²) >= 11 is 0. The van der Waals surface area contributed by atoms with Crippen LogP contribution in [0.3, 0.4) is 0 Å². The van der Waals surface area contributed by atoms with Crippen molar-refractivity contribution in [1.29, 1.82) is 0 Å². The van der Waals surface area contributed by atoms with Crippen molar-refractivity contribution in [3.63, 3.8) is 0 Å². The lowest BCUT2D eigenvalue weighted by Gasteiger charge is -2.32. The van der Waals surface area contributed by atoms with Gasteiger partial charge in [-0.05, 0) is 48.5 Å². The molecule has 0 fully saturated rings. The topological polar surface area (TPSA) is 65.2 Å². The van der Waals surface area contributed by atoms with Crippen molar-refractivity contribution in [2.24, 2.45) is 23.5 Å². The highest BCUT2D eigenvalue weighted by Crippen LogP contribution is 2.39. The normalized spacial score (nSPS) is 26.5. The van der Waals surface area contributed by atoms with Gasteiger partial charge in [0.15, 0.2) is 0 Å². The van der Waals surface area contributed by atoms with E-state index in [0.717, 1.165) is 18.5 Å². The van der Waals surface area contributed by atoms with Gasteiger partial charge in [0, 0.05) is 18.2 Å². The minimum atomic E-state index is -0.224. The lowest BCUT2D eigenvalue weighted by atomic mass is 9.74. The molecule has 4 heteroatoms. The Morgan fingerprint density at radius 2 is 2.09 bits per heavy atom. The van der Waals surface area contributed by atoms with Gasteiger partial charge in [-0.3, -0.25) is 4.79 Å². The van der Waals surface area contributed by atoms with Gasteiger partial charge in [0.2, 0.25) is 11.8 Å². The van der Waals surface area contributed by atoms with E-state index in [1.54, 1.807) is 7.11 Å². The van der Waals surface area contributed by atoms with Gasteiger partial charge in [-0.15, -0.1) is 0 Å². The van der Waals surface area contributed by atoms with Crippen molar-refractivity contribution >= 4 is 5.91 Å². The molecule has 0 saturated carbocycles. The molecule has 1 amide bonds. The first kappa shape index (κ1) is 16.8. The number of hydrogen-bond donors (Lipinski definition) is 1. The molecule has 4 atom stereocenters. The van der Waals surface area contributed by atoms with E-state index < -0.39 is 0 Å². The Hall–Kier alpha value is -1.58. The fourth-order valence-corrected chi connectivity index (χ4v) is 3.86. The monoisotopic (exact) mass is 304 g/mol. The Bertz CT molecular complexity index is 530. The standard InChI is InChI=1S/C18H28N2O2/c1-11-7-12(2)9-16-14(5-6-18(20-16)22-4)15(8-11)13(3)10-17(19)21/h5-6,11-13,15H,7-10H2,1-4H3,(H2,19,21)/t11-,12-,13?,15?/m1/s1. The highest BCUT2D eigenvalue weighted by atomic mass is 16.5. The molecule has 1 aliphatic carbocycles. The second-order valence-corrected chi connectivity index (χ2v) is 7.03. The van der Waals surface area contributed by atoms with E-state index in [9.17, 15) is 4.79 Å². The predicted molar refractivity (Wildman–Crippen MR) is 87.8 cm³/mol. The molecule has 0 aliphatic heterocycles. The number of pyridine rings is 1. The second kappa shape index (κ2) is 7.12. The summed E-state index contributed by atoms with van der Waals surface area (Å²) in [4.78, 5) is 16.0. The summed E-state index contributed by atoms with van der Waals surface area (Å²) in [5.41, 5.74) is 7.81. The van der Waals surface area contributed by atoms with Crippen molar-refractivity contribution in [1.82, 2.24) is 4.98 Å². The largest absolute Gasteiger partial charge is 0.481 e. The van der Waals surface area contributed by atoms with Crippen LogP contribution >= 0.6 is 0 Å². The number of hydrogen-bond acceptors (Lipinski definition) is 3. The van der Waals surface area contributed by atoms with Gasteiger partial charge in [0.25, 0.3) is 0 Å². The Morgan fingerprint density at radius 1 is 1.36 bits per heavy atom. The number of methoxy groups -OCH3 is 1. The second-order valence-electron chi connectivity index (χ2n) is 7.03. The van der Waals surface area contributed by atoms with Crippen LogP contribution in [0.5, 0.6) is 5.88 Å². The molecular formula is C18H28N2O2. The van der Waals surface area contributed by atoms with Crippen LogP contribution in [-0.4, -0.2) is 18.0 Å². The molecule has 1 aromatic rings. The molecule has 0 saturated heterocycles. The van der Waals surface area contributed by atoms with Crippen LogP contribution in [0.1, 0.15) is 57.2 Å². The van der Waals surface area contributed by atoms with Crippen LogP contribution in [0.25, 0.3) is 0 Å². The summed E-state index contributed by atoms with van der Waals surface area (Å²) in [5, 5.41) is 0. The Morgan fingerprint density at radius 3 is 2.73 bits per heavy atom. The molecule has 2 rings (SSSR count). The third-order valence-corrected chi connectivity index (χ3v) is 4.81. The maximum absolute atomic E-state index is 11.3. The van der Waals surface area contributed by atoms with Gasteiger partial charge in [-0.1, -0.05) is 26.8 Å². The predicted octanol–water partition coefficient (Wildman–Crippen LogP) is 3.29. The lowest BCUT2D eigenvalue weighted by Crippen LogP contribution is -2.24. The van der Waals surface area contributed by atoms with Gasteiger partial charge in [-0.2, -0.15) is 0 Å². The van der Waals surface area contributed by atoms with E-state index in [-0.39, 0.29) is 11.8 Å². The molecule has 0 spiro atoms. The average Bonchev–Trinajstić information content (AvgIpc) is 2.42. The van der Waals surface area contributed by atoms with E-state index in [4.69, 9.17) is 10.5 Å². The molecule has 0 bridgehead atoms. The number of fused-ring (bicyclic) bond motifs is 1. The first-order valence-corrected chi connectivity index (χ1v) is 8.22. The number of nitrogens with two attached hydrogens (primary N) is 1. The van der Waals surface area contributed by atoms with Crippen LogP contribution < -0.4 is 10.5 Å². The zero-order valence-corrected chi connectivity index (χ0v) is 14.1. The van der Waals surface area contributed by atoms with E-state index in [1.807, 2.05) is 6.07 Å². The number of rotatable bonds is 4. The first-order valence-electron chi connectivity index (χ1n) is 8.22. The number of carbonyl (C=O) groups is 1. The SMILES string of the molecule is COc1ccc2c(n1)C[C@H](C)C[C@@H](C)CC2C(C)CC(N)=O. The van der Waals surface area contributed by atoms with Gasteiger partial charge < -0.3 is 10.5 Å². The fourth-order valence-electron chi connectivity index (χ4n) is 3.86. The van der Waals surface area contributed by atoms with E-state index in [1.165, 1.54) is 12.0 Å². The minimum Gasteiger partial charge on any atom is -0.481 e. The molecule has 2 unspecified atom stereocenters. The molecule has 0 radical (unpaired) electrons. The number of primary amides is 1. The molecule has 2 N–H and O–H groups in total.